The number of carbonyl (C=O) groups excluding carboxylic acids is 1. The largest absolute Gasteiger partial charge is 0.393 e. The van der Waals surface area contributed by atoms with E-state index in [1.54, 1.807) is 7.05 Å². The summed E-state index contributed by atoms with van der Waals surface area (Å²) in [4.78, 5) is 13.8. The molecule has 98 valence electrons. The summed E-state index contributed by atoms with van der Waals surface area (Å²) < 4.78 is 25.9. The SMILES string of the molecule is CN(CCC(N)=S)C(=O)C1CCC(F)(F)CC1. The minimum atomic E-state index is -2.59. The van der Waals surface area contributed by atoms with Crippen LogP contribution in [0.25, 0.3) is 0 Å². The summed E-state index contributed by atoms with van der Waals surface area (Å²) in [5.74, 6) is -2.93. The predicted octanol–water partition coefficient (Wildman–Crippen LogP) is 1.95. The maximum atomic E-state index is 12.9. The van der Waals surface area contributed by atoms with Gasteiger partial charge >= 0.3 is 0 Å². The molecule has 0 bridgehead atoms. The summed E-state index contributed by atoms with van der Waals surface area (Å²) in [7, 11) is 1.66. The molecule has 0 aliphatic heterocycles. The molecule has 1 fully saturated rings. The van der Waals surface area contributed by atoms with E-state index >= 15 is 0 Å². The van der Waals surface area contributed by atoms with E-state index in [0.29, 0.717) is 18.0 Å². The van der Waals surface area contributed by atoms with E-state index in [1.807, 2.05) is 0 Å². The highest BCUT2D eigenvalue weighted by Crippen LogP contribution is 2.36. The van der Waals surface area contributed by atoms with Crippen molar-refractivity contribution in [2.75, 3.05) is 13.6 Å². The zero-order valence-corrected chi connectivity index (χ0v) is 10.7. The minimum absolute atomic E-state index is 0.0725. The molecule has 1 aliphatic carbocycles. The molecule has 1 rings (SSSR count). The molecule has 1 aliphatic rings. The molecule has 0 radical (unpaired) electrons. The van der Waals surface area contributed by atoms with Crippen LogP contribution in [0.3, 0.4) is 0 Å². The van der Waals surface area contributed by atoms with Gasteiger partial charge in [-0.25, -0.2) is 8.78 Å². The second kappa shape index (κ2) is 5.71. The molecule has 0 heterocycles. The number of nitrogens with two attached hydrogens (primary N) is 1. The van der Waals surface area contributed by atoms with E-state index in [9.17, 15) is 13.6 Å². The smallest absolute Gasteiger partial charge is 0.248 e. The van der Waals surface area contributed by atoms with E-state index in [-0.39, 0.29) is 37.5 Å². The Morgan fingerprint density at radius 3 is 2.47 bits per heavy atom. The molecule has 6 heteroatoms. The lowest BCUT2D eigenvalue weighted by Gasteiger charge is -2.30. The third kappa shape index (κ3) is 4.53. The van der Waals surface area contributed by atoms with Crippen LogP contribution in [0.1, 0.15) is 32.1 Å². The van der Waals surface area contributed by atoms with Gasteiger partial charge in [-0.1, -0.05) is 12.2 Å². The Bertz CT molecular complexity index is 300. The molecule has 1 saturated carbocycles. The fourth-order valence-electron chi connectivity index (χ4n) is 1.99. The molecular formula is C11H18F2N2OS. The van der Waals surface area contributed by atoms with Crippen LogP contribution >= 0.6 is 12.2 Å². The van der Waals surface area contributed by atoms with Gasteiger partial charge in [-0.15, -0.1) is 0 Å². The van der Waals surface area contributed by atoms with Crippen LogP contribution in [0, 0.1) is 5.92 Å². The number of thiocarbonyl (C=S) groups is 1. The zero-order chi connectivity index (χ0) is 13.1. The highest BCUT2D eigenvalue weighted by molar-refractivity contribution is 7.80. The topological polar surface area (TPSA) is 46.3 Å². The van der Waals surface area contributed by atoms with Gasteiger partial charge in [0.2, 0.25) is 11.8 Å². The number of nitrogens with zero attached hydrogens (tertiary/aromatic N) is 1. The lowest BCUT2D eigenvalue weighted by Crippen LogP contribution is -2.38. The van der Waals surface area contributed by atoms with Crippen LogP contribution in [0.4, 0.5) is 8.78 Å². The second-order valence-electron chi connectivity index (χ2n) is 4.61. The molecule has 0 aromatic heterocycles. The Balaban J connectivity index is 2.40. The van der Waals surface area contributed by atoms with Crippen molar-refractivity contribution in [2.24, 2.45) is 11.7 Å². The van der Waals surface area contributed by atoms with Crippen LogP contribution in [0.5, 0.6) is 0 Å². The first kappa shape index (κ1) is 14.3. The minimum Gasteiger partial charge on any atom is -0.393 e. The molecule has 1 amide bonds. The normalized spacial score (nSPS) is 19.9. The Hall–Kier alpha value is -0.780. The molecule has 0 spiro atoms. The molecule has 3 nitrogen and oxygen atoms in total. The molecule has 0 saturated heterocycles. The first-order valence-electron chi connectivity index (χ1n) is 5.73. The average molecular weight is 264 g/mol. The summed E-state index contributed by atoms with van der Waals surface area (Å²) >= 11 is 4.73. The van der Waals surface area contributed by atoms with Gasteiger partial charge < -0.3 is 10.6 Å². The molecule has 0 aromatic rings. The standard InChI is InChI=1S/C11H18F2N2OS/c1-15(7-4-9(14)17)10(16)8-2-5-11(12,13)6-3-8/h8H,2-7H2,1H3,(H2,14,17). The van der Waals surface area contributed by atoms with Crippen LogP contribution in [-0.2, 0) is 4.79 Å². The molecular weight excluding hydrogens is 246 g/mol. The van der Waals surface area contributed by atoms with Gasteiger partial charge in [0, 0.05) is 38.8 Å². The first-order chi connectivity index (χ1) is 7.82. The number of halogens is 2. The highest BCUT2D eigenvalue weighted by Gasteiger charge is 2.38. The van der Waals surface area contributed by atoms with Gasteiger partial charge in [0.1, 0.15) is 0 Å². The van der Waals surface area contributed by atoms with E-state index < -0.39 is 5.92 Å². The third-order valence-corrected chi connectivity index (χ3v) is 3.34. The molecule has 17 heavy (non-hydrogen) atoms. The predicted molar refractivity (Wildman–Crippen MR) is 65.9 cm³/mol. The van der Waals surface area contributed by atoms with Crippen molar-refractivity contribution in [1.82, 2.24) is 4.90 Å². The molecule has 0 atom stereocenters. The van der Waals surface area contributed by atoms with E-state index in [1.165, 1.54) is 4.90 Å². The van der Waals surface area contributed by atoms with Crippen molar-refractivity contribution >= 4 is 23.1 Å². The lowest BCUT2D eigenvalue weighted by molar-refractivity contribution is -0.138. The Kier molecular flexibility index (Phi) is 4.80. The van der Waals surface area contributed by atoms with Crippen molar-refractivity contribution in [3.05, 3.63) is 0 Å². The number of amides is 1. The van der Waals surface area contributed by atoms with Gasteiger partial charge in [0.15, 0.2) is 0 Å². The lowest BCUT2D eigenvalue weighted by atomic mass is 9.86. The third-order valence-electron chi connectivity index (χ3n) is 3.14. The quantitative estimate of drug-likeness (QED) is 0.789. The number of alkyl halides is 2. The zero-order valence-electron chi connectivity index (χ0n) is 9.92. The van der Waals surface area contributed by atoms with E-state index in [2.05, 4.69) is 0 Å². The molecule has 0 aromatic carbocycles. The van der Waals surface area contributed by atoms with Gasteiger partial charge in [0.25, 0.3) is 0 Å². The van der Waals surface area contributed by atoms with Crippen LogP contribution in [-0.4, -0.2) is 35.3 Å². The maximum Gasteiger partial charge on any atom is 0.248 e. The van der Waals surface area contributed by atoms with Crippen LogP contribution < -0.4 is 5.73 Å². The fraction of sp³-hybridized carbons (Fsp3) is 0.818. The van der Waals surface area contributed by atoms with Gasteiger partial charge in [0.05, 0.1) is 4.99 Å². The van der Waals surface area contributed by atoms with Crippen molar-refractivity contribution in [3.8, 4) is 0 Å². The van der Waals surface area contributed by atoms with Gasteiger partial charge in [-0.05, 0) is 12.8 Å². The van der Waals surface area contributed by atoms with Crippen LogP contribution in [0.15, 0.2) is 0 Å². The van der Waals surface area contributed by atoms with Gasteiger partial charge in [-0.2, -0.15) is 0 Å². The fourth-order valence-corrected chi connectivity index (χ4v) is 2.08. The summed E-state index contributed by atoms with van der Waals surface area (Å²) in [6, 6.07) is 0. The van der Waals surface area contributed by atoms with E-state index in [0.717, 1.165) is 0 Å². The first-order valence-corrected chi connectivity index (χ1v) is 6.14. The van der Waals surface area contributed by atoms with Crippen molar-refractivity contribution in [3.63, 3.8) is 0 Å². The van der Waals surface area contributed by atoms with Crippen molar-refractivity contribution in [2.45, 2.75) is 38.0 Å². The summed E-state index contributed by atoms with van der Waals surface area (Å²) in [5.41, 5.74) is 5.35. The Morgan fingerprint density at radius 1 is 1.47 bits per heavy atom. The Morgan fingerprint density at radius 2 is 2.00 bits per heavy atom. The summed E-state index contributed by atoms with van der Waals surface area (Å²) in [5, 5.41) is 0. The van der Waals surface area contributed by atoms with Crippen LogP contribution in [0.2, 0.25) is 0 Å². The summed E-state index contributed by atoms with van der Waals surface area (Å²) in [6.45, 7) is 0.459. The number of hydrogen-bond acceptors (Lipinski definition) is 2. The summed E-state index contributed by atoms with van der Waals surface area (Å²) in [6.07, 6.45) is 0.631. The number of rotatable bonds is 4. The molecule has 2 N–H and O–H groups in total. The molecule has 0 unspecified atom stereocenters. The van der Waals surface area contributed by atoms with Crippen molar-refractivity contribution in [1.29, 1.82) is 0 Å². The average Bonchev–Trinajstić information content (AvgIpc) is 2.25. The number of hydrogen-bond donors (Lipinski definition) is 1. The monoisotopic (exact) mass is 264 g/mol. The second-order valence-corrected chi connectivity index (χ2v) is 5.13. The van der Waals surface area contributed by atoms with Crippen molar-refractivity contribution < 1.29 is 13.6 Å². The number of carbonyl (C=O) groups is 1. The Labute approximate surface area is 105 Å². The van der Waals surface area contributed by atoms with E-state index in [4.69, 9.17) is 18.0 Å². The maximum absolute atomic E-state index is 12.9. The van der Waals surface area contributed by atoms with Gasteiger partial charge in [-0.3, -0.25) is 4.79 Å². The highest BCUT2D eigenvalue weighted by atomic mass is 32.1.